The molecule has 1 unspecified atom stereocenters. The average molecular weight is 277 g/mol. The summed E-state index contributed by atoms with van der Waals surface area (Å²) in [5.41, 5.74) is 2.45. The normalized spacial score (nSPS) is 12.7. The highest BCUT2D eigenvalue weighted by Crippen LogP contribution is 2.28. The van der Waals surface area contributed by atoms with E-state index in [1.165, 1.54) is 15.3 Å². The van der Waals surface area contributed by atoms with Crippen molar-refractivity contribution >= 4 is 17.3 Å². The maximum Gasteiger partial charge on any atom is 0.203 e. The highest BCUT2D eigenvalue weighted by molar-refractivity contribution is 7.12. The van der Waals surface area contributed by atoms with Gasteiger partial charge < -0.3 is 9.88 Å². The molecule has 3 nitrogen and oxygen atoms in total. The van der Waals surface area contributed by atoms with Crippen LogP contribution in [0.1, 0.15) is 47.3 Å². The summed E-state index contributed by atoms with van der Waals surface area (Å²) in [5, 5.41) is 3.55. The molecule has 0 radical (unpaired) electrons. The molecule has 0 aliphatic rings. The van der Waals surface area contributed by atoms with Crippen molar-refractivity contribution in [1.29, 1.82) is 0 Å². The van der Waals surface area contributed by atoms with Crippen LogP contribution in [0.25, 0.3) is 0 Å². The molecule has 2 aromatic heterocycles. The minimum atomic E-state index is 0.294. The molecule has 1 atom stereocenters. The molecule has 0 aliphatic carbocycles. The Hall–Kier alpha value is -1.29. The molecule has 2 rings (SSSR count). The average Bonchev–Trinajstić information content (AvgIpc) is 2.83. The van der Waals surface area contributed by atoms with E-state index in [0.717, 1.165) is 24.6 Å². The fourth-order valence-electron chi connectivity index (χ4n) is 2.43. The lowest BCUT2D eigenvalue weighted by Gasteiger charge is -2.16. The molecule has 2 aromatic rings. The van der Waals surface area contributed by atoms with Crippen LogP contribution in [0, 0.1) is 20.8 Å². The van der Waals surface area contributed by atoms with Gasteiger partial charge in [0, 0.05) is 22.5 Å². The number of rotatable bonds is 5. The third kappa shape index (κ3) is 3.18. The smallest absolute Gasteiger partial charge is 0.203 e. The standard InChI is InChI=1S/C15H23N3S/c1-6-7-18-9-10(2)16-15(18)17-12(4)14-8-11(3)19-13(14)5/h8-9,12H,6-7H2,1-5H3,(H,16,17). The zero-order valence-corrected chi connectivity index (χ0v) is 13.3. The monoisotopic (exact) mass is 277 g/mol. The van der Waals surface area contributed by atoms with Gasteiger partial charge >= 0.3 is 0 Å². The highest BCUT2D eigenvalue weighted by Gasteiger charge is 2.14. The number of hydrogen-bond acceptors (Lipinski definition) is 3. The van der Waals surface area contributed by atoms with E-state index in [-0.39, 0.29) is 0 Å². The predicted octanol–water partition coefficient (Wildman–Crippen LogP) is 4.45. The molecular formula is C15H23N3S. The first-order valence-electron chi connectivity index (χ1n) is 6.88. The molecule has 2 heterocycles. The number of anilines is 1. The first kappa shape index (κ1) is 14.1. The van der Waals surface area contributed by atoms with Crippen molar-refractivity contribution in [1.82, 2.24) is 9.55 Å². The Bertz CT molecular complexity index is 554. The third-order valence-electron chi connectivity index (χ3n) is 3.25. The van der Waals surface area contributed by atoms with Crippen molar-refractivity contribution in [2.75, 3.05) is 5.32 Å². The van der Waals surface area contributed by atoms with E-state index in [1.54, 1.807) is 0 Å². The summed E-state index contributed by atoms with van der Waals surface area (Å²) in [6, 6.07) is 2.57. The zero-order valence-electron chi connectivity index (χ0n) is 12.4. The molecule has 0 amide bonds. The minimum Gasteiger partial charge on any atom is -0.349 e. The van der Waals surface area contributed by atoms with Crippen molar-refractivity contribution in [2.45, 2.75) is 53.6 Å². The Morgan fingerprint density at radius 3 is 2.68 bits per heavy atom. The summed E-state index contributed by atoms with van der Waals surface area (Å²) < 4.78 is 2.21. The van der Waals surface area contributed by atoms with E-state index in [2.05, 4.69) is 54.8 Å². The lowest BCUT2D eigenvalue weighted by Crippen LogP contribution is -2.11. The van der Waals surface area contributed by atoms with Gasteiger partial charge in [-0.05, 0) is 45.7 Å². The summed E-state index contributed by atoms with van der Waals surface area (Å²) in [4.78, 5) is 7.35. The highest BCUT2D eigenvalue weighted by atomic mass is 32.1. The van der Waals surface area contributed by atoms with Crippen LogP contribution in [0.15, 0.2) is 12.3 Å². The van der Waals surface area contributed by atoms with Gasteiger partial charge in [-0.15, -0.1) is 11.3 Å². The van der Waals surface area contributed by atoms with Crippen LogP contribution in [-0.2, 0) is 6.54 Å². The fraction of sp³-hybridized carbons (Fsp3) is 0.533. The number of nitrogens with one attached hydrogen (secondary N) is 1. The van der Waals surface area contributed by atoms with Crippen molar-refractivity contribution in [2.24, 2.45) is 0 Å². The lowest BCUT2D eigenvalue weighted by molar-refractivity contribution is 0.674. The van der Waals surface area contributed by atoms with Gasteiger partial charge in [-0.25, -0.2) is 4.98 Å². The Labute approximate surface area is 119 Å². The second-order valence-electron chi connectivity index (χ2n) is 5.13. The molecule has 1 N–H and O–H groups in total. The van der Waals surface area contributed by atoms with E-state index in [9.17, 15) is 0 Å². The van der Waals surface area contributed by atoms with Crippen LogP contribution in [0.4, 0.5) is 5.95 Å². The van der Waals surface area contributed by atoms with Gasteiger partial charge in [-0.1, -0.05) is 6.92 Å². The Morgan fingerprint density at radius 1 is 1.37 bits per heavy atom. The molecule has 0 spiro atoms. The molecule has 104 valence electrons. The maximum atomic E-state index is 4.59. The van der Waals surface area contributed by atoms with E-state index >= 15 is 0 Å². The van der Waals surface area contributed by atoms with E-state index < -0.39 is 0 Å². The van der Waals surface area contributed by atoms with Crippen LogP contribution in [0.3, 0.4) is 0 Å². The van der Waals surface area contributed by atoms with Gasteiger partial charge in [-0.2, -0.15) is 0 Å². The van der Waals surface area contributed by atoms with Crippen LogP contribution < -0.4 is 5.32 Å². The topological polar surface area (TPSA) is 29.9 Å². The van der Waals surface area contributed by atoms with E-state index in [4.69, 9.17) is 0 Å². The number of thiophene rings is 1. The van der Waals surface area contributed by atoms with Crippen molar-refractivity contribution in [3.63, 3.8) is 0 Å². The molecule has 19 heavy (non-hydrogen) atoms. The molecular weight excluding hydrogens is 254 g/mol. The quantitative estimate of drug-likeness (QED) is 0.875. The second kappa shape index (κ2) is 5.78. The number of aromatic nitrogens is 2. The van der Waals surface area contributed by atoms with Gasteiger partial charge in [0.05, 0.1) is 11.7 Å². The first-order valence-corrected chi connectivity index (χ1v) is 7.70. The van der Waals surface area contributed by atoms with Crippen molar-refractivity contribution < 1.29 is 0 Å². The number of aryl methyl sites for hydroxylation is 4. The molecule has 0 aliphatic heterocycles. The molecule has 0 fully saturated rings. The second-order valence-corrected chi connectivity index (χ2v) is 6.59. The largest absolute Gasteiger partial charge is 0.349 e. The molecule has 4 heteroatoms. The van der Waals surface area contributed by atoms with Crippen LogP contribution >= 0.6 is 11.3 Å². The zero-order chi connectivity index (χ0) is 14.0. The van der Waals surface area contributed by atoms with Crippen LogP contribution in [-0.4, -0.2) is 9.55 Å². The van der Waals surface area contributed by atoms with E-state index in [0.29, 0.717) is 6.04 Å². The predicted molar refractivity (Wildman–Crippen MR) is 83.1 cm³/mol. The Balaban J connectivity index is 2.18. The van der Waals surface area contributed by atoms with E-state index in [1.807, 2.05) is 18.3 Å². The molecule has 0 saturated carbocycles. The number of imidazole rings is 1. The van der Waals surface area contributed by atoms with Crippen LogP contribution in [0.2, 0.25) is 0 Å². The minimum absolute atomic E-state index is 0.294. The molecule has 0 aromatic carbocycles. The molecule has 0 bridgehead atoms. The number of hydrogen-bond donors (Lipinski definition) is 1. The summed E-state index contributed by atoms with van der Waals surface area (Å²) in [6.07, 6.45) is 3.24. The Kier molecular flexibility index (Phi) is 4.30. The first-order chi connectivity index (χ1) is 9.01. The Morgan fingerprint density at radius 2 is 2.11 bits per heavy atom. The fourth-order valence-corrected chi connectivity index (χ4v) is 3.45. The van der Waals surface area contributed by atoms with Crippen molar-refractivity contribution in [3.8, 4) is 0 Å². The molecule has 0 saturated heterocycles. The maximum absolute atomic E-state index is 4.59. The van der Waals surface area contributed by atoms with Gasteiger partial charge in [0.15, 0.2) is 0 Å². The SMILES string of the molecule is CCCn1cc(C)nc1NC(C)c1cc(C)sc1C. The summed E-state index contributed by atoms with van der Waals surface area (Å²) in [5.74, 6) is 0.982. The third-order valence-corrected chi connectivity index (χ3v) is 4.23. The van der Waals surface area contributed by atoms with Crippen LogP contribution in [0.5, 0.6) is 0 Å². The lowest BCUT2D eigenvalue weighted by atomic mass is 10.1. The summed E-state index contributed by atoms with van der Waals surface area (Å²) in [6.45, 7) is 11.8. The summed E-state index contributed by atoms with van der Waals surface area (Å²) >= 11 is 1.86. The van der Waals surface area contributed by atoms with Gasteiger partial charge in [-0.3, -0.25) is 0 Å². The summed E-state index contributed by atoms with van der Waals surface area (Å²) in [7, 11) is 0. The number of nitrogens with zero attached hydrogens (tertiary/aromatic N) is 2. The van der Waals surface area contributed by atoms with Gasteiger partial charge in [0.2, 0.25) is 5.95 Å². The van der Waals surface area contributed by atoms with Gasteiger partial charge in [0.25, 0.3) is 0 Å². The van der Waals surface area contributed by atoms with Gasteiger partial charge in [0.1, 0.15) is 0 Å². The van der Waals surface area contributed by atoms with Crippen molar-refractivity contribution in [3.05, 3.63) is 33.3 Å².